The Kier molecular flexibility index (Phi) is 8.68. The maximum Gasteiger partial charge on any atom is 0.316 e. The number of carbonyl (C=O) groups is 1. The van der Waals surface area contributed by atoms with E-state index in [9.17, 15) is 4.79 Å². The summed E-state index contributed by atoms with van der Waals surface area (Å²) in [5, 5.41) is 8.25. The maximum absolute atomic E-state index is 10.6. The number of benzene rings is 1. The normalized spacial score (nSPS) is 11.4. The van der Waals surface area contributed by atoms with Crippen molar-refractivity contribution in [3.05, 3.63) is 35.9 Å². The average Bonchev–Trinajstić information content (AvgIpc) is 2.27. The molecule has 1 atom stereocenters. The molecule has 1 aromatic rings. The molecule has 94 valence electrons. The van der Waals surface area contributed by atoms with Crippen molar-refractivity contribution in [2.45, 2.75) is 17.9 Å². The van der Waals surface area contributed by atoms with Gasteiger partial charge in [-0.15, -0.1) is 24.2 Å². The van der Waals surface area contributed by atoms with E-state index in [1.807, 2.05) is 30.3 Å². The lowest BCUT2D eigenvalue weighted by molar-refractivity contribution is -0.136. The number of aliphatic carboxylic acids is 1. The average molecular weight is 309 g/mol. The topological polar surface area (TPSA) is 37.3 Å². The molecule has 0 fully saturated rings. The number of hydrogen-bond acceptors (Lipinski definition) is 4. The number of carboxylic acid groups (broad SMARTS) is 1. The molecule has 2 nitrogen and oxygen atoms in total. The molecule has 0 amide bonds. The van der Waals surface area contributed by atoms with Gasteiger partial charge in [0, 0.05) is 5.75 Å². The molecule has 0 aromatic heterocycles. The van der Waals surface area contributed by atoms with E-state index in [0.717, 1.165) is 5.75 Å². The SMILES string of the molecule is CC(SC(=S)SCc1ccccc1)C(=O)O.Cl. The lowest BCUT2D eigenvalue weighted by Gasteiger charge is -2.06. The Balaban J connectivity index is 0.00000256. The van der Waals surface area contributed by atoms with Gasteiger partial charge < -0.3 is 5.11 Å². The highest BCUT2D eigenvalue weighted by Crippen LogP contribution is 2.24. The smallest absolute Gasteiger partial charge is 0.316 e. The summed E-state index contributed by atoms with van der Waals surface area (Å²) in [6.07, 6.45) is 0. The van der Waals surface area contributed by atoms with Gasteiger partial charge in [-0.1, -0.05) is 54.3 Å². The molecule has 0 aliphatic carbocycles. The van der Waals surface area contributed by atoms with E-state index in [1.54, 1.807) is 6.92 Å². The molecule has 6 heteroatoms. The third kappa shape index (κ3) is 6.93. The molecule has 0 saturated heterocycles. The van der Waals surface area contributed by atoms with E-state index < -0.39 is 11.2 Å². The zero-order valence-electron chi connectivity index (χ0n) is 9.16. The van der Waals surface area contributed by atoms with Crippen LogP contribution in [0.1, 0.15) is 12.5 Å². The highest BCUT2D eigenvalue weighted by molar-refractivity contribution is 8.47. The van der Waals surface area contributed by atoms with Gasteiger partial charge in [-0.2, -0.15) is 0 Å². The van der Waals surface area contributed by atoms with Crippen LogP contribution in [0.3, 0.4) is 0 Å². The second-order valence-electron chi connectivity index (χ2n) is 3.12. The van der Waals surface area contributed by atoms with Crippen LogP contribution >= 0.6 is 48.1 Å². The van der Waals surface area contributed by atoms with Gasteiger partial charge in [0.2, 0.25) is 0 Å². The minimum atomic E-state index is -0.826. The molecule has 17 heavy (non-hydrogen) atoms. The summed E-state index contributed by atoms with van der Waals surface area (Å²) >= 11 is 7.84. The Morgan fingerprint density at radius 1 is 1.41 bits per heavy atom. The predicted octanol–water partition coefficient (Wildman–Crippen LogP) is 3.83. The van der Waals surface area contributed by atoms with Crippen molar-refractivity contribution in [3.8, 4) is 0 Å². The Morgan fingerprint density at radius 2 is 2.00 bits per heavy atom. The zero-order valence-corrected chi connectivity index (χ0v) is 12.4. The summed E-state index contributed by atoms with van der Waals surface area (Å²) in [4.78, 5) is 10.6. The van der Waals surface area contributed by atoms with E-state index in [0.29, 0.717) is 3.53 Å². The third-order valence-corrected chi connectivity index (χ3v) is 4.57. The zero-order chi connectivity index (χ0) is 12.0. The van der Waals surface area contributed by atoms with Gasteiger partial charge in [-0.25, -0.2) is 0 Å². The summed E-state index contributed by atoms with van der Waals surface area (Å²) in [5.41, 5.74) is 1.19. The predicted molar refractivity (Wildman–Crippen MR) is 82.3 cm³/mol. The summed E-state index contributed by atoms with van der Waals surface area (Å²) < 4.78 is 0.679. The van der Waals surface area contributed by atoms with Crippen molar-refractivity contribution < 1.29 is 9.90 Å². The van der Waals surface area contributed by atoms with Gasteiger partial charge in [-0.05, 0) is 12.5 Å². The molecule has 1 N–H and O–H groups in total. The molecule has 0 radical (unpaired) electrons. The van der Waals surface area contributed by atoms with Crippen LogP contribution in [-0.2, 0) is 10.5 Å². The van der Waals surface area contributed by atoms with Crippen LogP contribution in [0.5, 0.6) is 0 Å². The van der Waals surface area contributed by atoms with Gasteiger partial charge in [0.25, 0.3) is 0 Å². The number of hydrogen-bond donors (Lipinski definition) is 1. The van der Waals surface area contributed by atoms with Crippen molar-refractivity contribution in [2.24, 2.45) is 0 Å². The molecule has 0 heterocycles. The monoisotopic (exact) mass is 308 g/mol. The van der Waals surface area contributed by atoms with Crippen molar-refractivity contribution in [3.63, 3.8) is 0 Å². The van der Waals surface area contributed by atoms with E-state index >= 15 is 0 Å². The van der Waals surface area contributed by atoms with E-state index in [2.05, 4.69) is 0 Å². The molecule has 1 aromatic carbocycles. The number of thiocarbonyl (C=S) groups is 1. The first-order chi connectivity index (χ1) is 7.59. The van der Waals surface area contributed by atoms with Crippen LogP contribution in [0.15, 0.2) is 30.3 Å². The minimum absolute atomic E-state index is 0. The number of carboxylic acids is 1. The summed E-state index contributed by atoms with van der Waals surface area (Å²) in [7, 11) is 0. The summed E-state index contributed by atoms with van der Waals surface area (Å²) in [6.45, 7) is 1.64. The van der Waals surface area contributed by atoms with E-state index in [1.165, 1.54) is 29.1 Å². The van der Waals surface area contributed by atoms with Crippen molar-refractivity contribution in [2.75, 3.05) is 0 Å². The second-order valence-corrected chi connectivity index (χ2v) is 6.64. The number of halogens is 1. The molecule has 1 rings (SSSR count). The van der Waals surface area contributed by atoms with Crippen molar-refractivity contribution >= 4 is 57.6 Å². The largest absolute Gasteiger partial charge is 0.480 e. The summed E-state index contributed by atoms with van der Waals surface area (Å²) in [6, 6.07) is 9.98. The Bertz CT molecular complexity index is 370. The van der Waals surface area contributed by atoms with Gasteiger partial charge >= 0.3 is 5.97 Å². The highest BCUT2D eigenvalue weighted by Gasteiger charge is 2.14. The Hall–Kier alpha value is -0.230. The molecular weight excluding hydrogens is 296 g/mol. The molecular formula is C11H13ClO2S3. The maximum atomic E-state index is 10.6. The van der Waals surface area contributed by atoms with Crippen LogP contribution < -0.4 is 0 Å². The van der Waals surface area contributed by atoms with Crippen LogP contribution in [0.2, 0.25) is 0 Å². The van der Waals surface area contributed by atoms with Crippen molar-refractivity contribution in [1.29, 1.82) is 0 Å². The summed E-state index contributed by atoms with van der Waals surface area (Å²) in [5.74, 6) is -0.0356. The Labute approximate surface area is 121 Å². The quantitative estimate of drug-likeness (QED) is 0.856. The number of rotatable bonds is 4. The lowest BCUT2D eigenvalue weighted by Crippen LogP contribution is -2.12. The van der Waals surface area contributed by atoms with Gasteiger partial charge in [0.05, 0.1) is 0 Å². The van der Waals surface area contributed by atoms with Gasteiger partial charge in [0.15, 0.2) is 0 Å². The second kappa shape index (κ2) is 8.80. The van der Waals surface area contributed by atoms with Gasteiger partial charge in [0.1, 0.15) is 8.78 Å². The fourth-order valence-electron chi connectivity index (χ4n) is 0.945. The molecule has 0 aliphatic heterocycles. The minimum Gasteiger partial charge on any atom is -0.480 e. The number of thioether (sulfide) groups is 2. The van der Waals surface area contributed by atoms with Crippen LogP contribution in [0.25, 0.3) is 0 Å². The van der Waals surface area contributed by atoms with Gasteiger partial charge in [-0.3, -0.25) is 4.79 Å². The Morgan fingerprint density at radius 3 is 2.53 bits per heavy atom. The fourth-order valence-corrected chi connectivity index (χ4v) is 3.30. The van der Waals surface area contributed by atoms with Crippen molar-refractivity contribution in [1.82, 2.24) is 0 Å². The molecule has 0 bridgehead atoms. The third-order valence-electron chi connectivity index (χ3n) is 1.82. The molecule has 0 aliphatic rings. The van der Waals surface area contributed by atoms with Crippen LogP contribution in [0.4, 0.5) is 0 Å². The first kappa shape index (κ1) is 16.8. The fraction of sp³-hybridized carbons (Fsp3) is 0.273. The first-order valence-corrected chi connectivity index (χ1v) is 6.97. The van der Waals surface area contributed by atoms with E-state index in [-0.39, 0.29) is 12.4 Å². The molecule has 1 unspecified atom stereocenters. The van der Waals surface area contributed by atoms with E-state index in [4.69, 9.17) is 17.3 Å². The highest BCUT2D eigenvalue weighted by atomic mass is 35.5. The standard InChI is InChI=1S/C11H12O2S3.ClH/c1-8(10(12)13)16-11(14)15-7-9-5-3-2-4-6-9;/h2-6,8H,7H2,1H3,(H,12,13);1H. The molecule has 0 saturated carbocycles. The first-order valence-electron chi connectivity index (χ1n) is 4.69. The van der Waals surface area contributed by atoms with Crippen LogP contribution in [-0.4, -0.2) is 19.9 Å². The van der Waals surface area contributed by atoms with Crippen LogP contribution in [0, 0.1) is 0 Å². The lowest BCUT2D eigenvalue weighted by atomic mass is 10.2. The molecule has 0 spiro atoms.